The Labute approximate surface area is 113 Å². The molecule has 1 aliphatic rings. The number of halogens is 1. The van der Waals surface area contributed by atoms with Gasteiger partial charge in [0.25, 0.3) is 0 Å². The summed E-state index contributed by atoms with van der Waals surface area (Å²) in [6, 6.07) is 9.41. The molecule has 0 unspecified atom stereocenters. The maximum Gasteiger partial charge on any atom is 0.128 e. The van der Waals surface area contributed by atoms with Gasteiger partial charge in [0.1, 0.15) is 5.82 Å². The van der Waals surface area contributed by atoms with Gasteiger partial charge in [-0.1, -0.05) is 18.2 Å². The first-order chi connectivity index (χ1) is 9.22. The summed E-state index contributed by atoms with van der Waals surface area (Å²) >= 11 is 0. The molecule has 4 heteroatoms. The molecule has 1 aromatic carbocycles. The zero-order chi connectivity index (χ0) is 13.7. The fraction of sp³-hybridized carbons (Fsp3) is 0.533. The van der Waals surface area contributed by atoms with Crippen LogP contribution >= 0.6 is 0 Å². The molecule has 3 nitrogen and oxygen atoms in total. The third kappa shape index (κ3) is 2.94. The van der Waals surface area contributed by atoms with Crippen molar-refractivity contribution in [2.75, 3.05) is 13.1 Å². The number of rotatable bonds is 4. The number of nitrogens with one attached hydrogen (secondary N) is 1. The zero-order valence-corrected chi connectivity index (χ0v) is 11.0. The van der Waals surface area contributed by atoms with Crippen molar-refractivity contribution in [3.05, 3.63) is 35.6 Å². The van der Waals surface area contributed by atoms with Gasteiger partial charge < -0.3 is 11.1 Å². The lowest BCUT2D eigenvalue weighted by Gasteiger charge is -2.35. The van der Waals surface area contributed by atoms with Gasteiger partial charge in [0.2, 0.25) is 0 Å². The van der Waals surface area contributed by atoms with Crippen molar-refractivity contribution < 1.29 is 4.39 Å². The predicted octanol–water partition coefficient (Wildman–Crippen LogP) is 2.08. The Morgan fingerprint density at radius 3 is 2.63 bits per heavy atom. The van der Waals surface area contributed by atoms with Crippen molar-refractivity contribution in [2.45, 2.75) is 37.1 Å². The van der Waals surface area contributed by atoms with E-state index in [0.717, 1.165) is 19.4 Å². The number of hydrogen-bond acceptors (Lipinski definition) is 3. The zero-order valence-electron chi connectivity index (χ0n) is 11.0. The molecule has 19 heavy (non-hydrogen) atoms. The van der Waals surface area contributed by atoms with E-state index in [4.69, 9.17) is 5.73 Å². The molecule has 0 saturated heterocycles. The Morgan fingerprint density at radius 1 is 1.37 bits per heavy atom. The first-order valence-electron chi connectivity index (χ1n) is 6.81. The van der Waals surface area contributed by atoms with Gasteiger partial charge >= 0.3 is 0 Å². The molecule has 3 N–H and O–H groups in total. The molecule has 0 amide bonds. The molecular weight excluding hydrogens is 241 g/mol. The van der Waals surface area contributed by atoms with Crippen molar-refractivity contribution in [3.63, 3.8) is 0 Å². The minimum atomic E-state index is -0.660. The van der Waals surface area contributed by atoms with E-state index in [0.29, 0.717) is 31.0 Å². The quantitative estimate of drug-likeness (QED) is 0.872. The number of nitrogens with two attached hydrogens (primary N) is 1. The normalized spacial score (nSPS) is 26.9. The summed E-state index contributed by atoms with van der Waals surface area (Å²) in [6.45, 7) is 1.41. The van der Waals surface area contributed by atoms with E-state index in [2.05, 4.69) is 11.4 Å². The molecule has 1 aromatic rings. The molecule has 0 heterocycles. The van der Waals surface area contributed by atoms with Crippen LogP contribution in [0.3, 0.4) is 0 Å². The Morgan fingerprint density at radius 2 is 2.05 bits per heavy atom. The van der Waals surface area contributed by atoms with Crippen LogP contribution in [0.4, 0.5) is 4.39 Å². The standard InChI is InChI=1S/C15H20FN3/c16-14-4-2-1-3-13(14)15(11-18)7-5-12(6-8-15)19-10-9-17/h1-4,12,19H,5-10,17H2. The molecule has 0 spiro atoms. The minimum Gasteiger partial charge on any atom is -0.329 e. The van der Waals surface area contributed by atoms with Crippen LogP contribution < -0.4 is 11.1 Å². The van der Waals surface area contributed by atoms with E-state index in [9.17, 15) is 9.65 Å². The van der Waals surface area contributed by atoms with Crippen molar-refractivity contribution in [2.24, 2.45) is 5.73 Å². The predicted molar refractivity (Wildman–Crippen MR) is 73.0 cm³/mol. The fourth-order valence-electron chi connectivity index (χ4n) is 2.89. The maximum atomic E-state index is 13.9. The number of hydrogen-bond donors (Lipinski definition) is 2. The van der Waals surface area contributed by atoms with Gasteiger partial charge in [-0.05, 0) is 31.7 Å². The SMILES string of the molecule is N#CC1(c2ccccc2F)CCC(NCCN)CC1. The highest BCUT2D eigenvalue weighted by Crippen LogP contribution is 2.40. The Kier molecular flexibility index (Phi) is 4.52. The van der Waals surface area contributed by atoms with Crippen LogP contribution in [0, 0.1) is 17.1 Å². The number of benzene rings is 1. The highest BCUT2D eigenvalue weighted by atomic mass is 19.1. The van der Waals surface area contributed by atoms with Gasteiger partial charge in [0, 0.05) is 24.7 Å². The average molecular weight is 261 g/mol. The molecule has 2 rings (SSSR count). The summed E-state index contributed by atoms with van der Waals surface area (Å²) in [6.07, 6.45) is 3.18. The maximum absolute atomic E-state index is 13.9. The molecule has 1 aliphatic carbocycles. The fourth-order valence-corrected chi connectivity index (χ4v) is 2.89. The first kappa shape index (κ1) is 14.0. The Bertz CT molecular complexity index is 459. The molecule has 1 saturated carbocycles. The van der Waals surface area contributed by atoms with Gasteiger partial charge in [-0.3, -0.25) is 0 Å². The summed E-state index contributed by atoms with van der Waals surface area (Å²) < 4.78 is 13.9. The van der Waals surface area contributed by atoms with Crippen LogP contribution in [0.1, 0.15) is 31.2 Å². The van der Waals surface area contributed by atoms with Gasteiger partial charge in [-0.15, -0.1) is 0 Å². The van der Waals surface area contributed by atoms with Crippen molar-refractivity contribution in [3.8, 4) is 6.07 Å². The van der Waals surface area contributed by atoms with E-state index in [1.54, 1.807) is 18.2 Å². The van der Waals surface area contributed by atoms with E-state index in [-0.39, 0.29) is 5.82 Å². The summed E-state index contributed by atoms with van der Waals surface area (Å²) in [5.74, 6) is -0.266. The lowest BCUT2D eigenvalue weighted by molar-refractivity contribution is 0.292. The summed E-state index contributed by atoms with van der Waals surface area (Å²) in [5.41, 5.74) is 5.36. The highest BCUT2D eigenvalue weighted by Gasteiger charge is 2.38. The molecule has 0 atom stereocenters. The molecule has 0 aliphatic heterocycles. The largest absolute Gasteiger partial charge is 0.329 e. The average Bonchev–Trinajstić information content (AvgIpc) is 2.46. The second-order valence-corrected chi connectivity index (χ2v) is 5.19. The molecule has 0 aromatic heterocycles. The van der Waals surface area contributed by atoms with Crippen LogP contribution in [0.2, 0.25) is 0 Å². The smallest absolute Gasteiger partial charge is 0.128 e. The number of nitriles is 1. The van der Waals surface area contributed by atoms with Gasteiger partial charge in [0.15, 0.2) is 0 Å². The Balaban J connectivity index is 2.11. The summed E-state index contributed by atoms with van der Waals surface area (Å²) in [7, 11) is 0. The van der Waals surface area contributed by atoms with Crippen molar-refractivity contribution in [1.29, 1.82) is 5.26 Å². The number of nitrogens with zero attached hydrogens (tertiary/aromatic N) is 1. The van der Waals surface area contributed by atoms with Crippen LogP contribution in [0.25, 0.3) is 0 Å². The van der Waals surface area contributed by atoms with E-state index >= 15 is 0 Å². The van der Waals surface area contributed by atoms with Crippen LogP contribution in [-0.4, -0.2) is 19.1 Å². The molecule has 102 valence electrons. The monoisotopic (exact) mass is 261 g/mol. The summed E-state index contributed by atoms with van der Waals surface area (Å²) in [5, 5.41) is 12.9. The van der Waals surface area contributed by atoms with Crippen LogP contribution in [0.15, 0.2) is 24.3 Å². The molecule has 0 bridgehead atoms. The molecule has 1 fully saturated rings. The molecular formula is C15H20FN3. The topological polar surface area (TPSA) is 61.8 Å². The van der Waals surface area contributed by atoms with E-state index < -0.39 is 5.41 Å². The lowest BCUT2D eigenvalue weighted by Crippen LogP contribution is -2.41. The third-order valence-corrected chi connectivity index (χ3v) is 4.02. The first-order valence-corrected chi connectivity index (χ1v) is 6.81. The van der Waals surface area contributed by atoms with Gasteiger partial charge in [-0.25, -0.2) is 4.39 Å². The van der Waals surface area contributed by atoms with Gasteiger partial charge in [0.05, 0.1) is 11.5 Å². The molecule has 0 radical (unpaired) electrons. The van der Waals surface area contributed by atoms with Crippen molar-refractivity contribution >= 4 is 0 Å². The second-order valence-electron chi connectivity index (χ2n) is 5.19. The third-order valence-electron chi connectivity index (χ3n) is 4.02. The van der Waals surface area contributed by atoms with E-state index in [1.807, 2.05) is 0 Å². The second kappa shape index (κ2) is 6.14. The van der Waals surface area contributed by atoms with Crippen LogP contribution in [0.5, 0.6) is 0 Å². The summed E-state index contributed by atoms with van der Waals surface area (Å²) in [4.78, 5) is 0. The van der Waals surface area contributed by atoms with Crippen molar-refractivity contribution in [1.82, 2.24) is 5.32 Å². The highest BCUT2D eigenvalue weighted by molar-refractivity contribution is 5.34. The Hall–Kier alpha value is -1.44. The van der Waals surface area contributed by atoms with E-state index in [1.165, 1.54) is 6.07 Å². The van der Waals surface area contributed by atoms with Crippen LogP contribution in [-0.2, 0) is 5.41 Å². The lowest BCUT2D eigenvalue weighted by atomic mass is 9.69. The minimum absolute atomic E-state index is 0.266. The van der Waals surface area contributed by atoms with Gasteiger partial charge in [-0.2, -0.15) is 5.26 Å².